The van der Waals surface area contributed by atoms with Gasteiger partial charge in [-0.2, -0.15) is 0 Å². The summed E-state index contributed by atoms with van der Waals surface area (Å²) in [5, 5.41) is 9.29. The summed E-state index contributed by atoms with van der Waals surface area (Å²) in [4.78, 5) is 13.7. The average Bonchev–Trinajstić information content (AvgIpc) is 2.35. The maximum absolute atomic E-state index is 11.3. The molecule has 4 heteroatoms. The molecule has 106 valence electrons. The molecule has 0 aromatic carbocycles. The summed E-state index contributed by atoms with van der Waals surface area (Å²) in [5.74, 6) is -0.417. The van der Waals surface area contributed by atoms with Gasteiger partial charge < -0.3 is 14.7 Å². The summed E-state index contributed by atoms with van der Waals surface area (Å²) in [6.45, 7) is 10.3. The fourth-order valence-electron chi connectivity index (χ4n) is 2.56. The van der Waals surface area contributed by atoms with Crippen LogP contribution in [0.4, 0.5) is 0 Å². The maximum atomic E-state index is 11.3. The lowest BCUT2D eigenvalue weighted by Crippen LogP contribution is -2.45. The molecule has 1 N–H and O–H groups in total. The molecule has 1 aliphatic heterocycles. The minimum atomic E-state index is -0.677. The number of likely N-dealkylation sites (tertiary alicyclic amines) is 1. The summed E-state index contributed by atoms with van der Waals surface area (Å²) in [6, 6.07) is 0. The Morgan fingerprint density at radius 2 is 2.22 bits per heavy atom. The van der Waals surface area contributed by atoms with E-state index in [1.807, 2.05) is 20.8 Å². The van der Waals surface area contributed by atoms with Crippen molar-refractivity contribution in [2.75, 3.05) is 32.8 Å². The second-order valence-electron chi connectivity index (χ2n) is 5.72. The Bertz CT molecular complexity index is 266. The number of carboxylic acid groups (broad SMARTS) is 1. The number of hydrogen-bond acceptors (Lipinski definition) is 3. The SMILES string of the molecule is CCOCCCN1CCCC(C(C)(C)C(=O)O)C1. The zero-order chi connectivity index (χ0) is 13.6. The number of ether oxygens (including phenoxy) is 1. The Morgan fingerprint density at radius 1 is 1.50 bits per heavy atom. The number of aliphatic carboxylic acids is 1. The van der Waals surface area contributed by atoms with E-state index in [2.05, 4.69) is 4.90 Å². The van der Waals surface area contributed by atoms with Crippen LogP contribution in [0.3, 0.4) is 0 Å². The van der Waals surface area contributed by atoms with Crippen LogP contribution in [0.2, 0.25) is 0 Å². The highest BCUT2D eigenvalue weighted by atomic mass is 16.5. The first kappa shape index (κ1) is 15.4. The second-order valence-corrected chi connectivity index (χ2v) is 5.72. The van der Waals surface area contributed by atoms with Gasteiger partial charge in [-0.15, -0.1) is 0 Å². The first-order valence-corrected chi connectivity index (χ1v) is 7.02. The molecule has 1 rings (SSSR count). The minimum absolute atomic E-state index is 0.260. The fraction of sp³-hybridized carbons (Fsp3) is 0.929. The molecule has 18 heavy (non-hydrogen) atoms. The van der Waals surface area contributed by atoms with Crippen molar-refractivity contribution < 1.29 is 14.6 Å². The second kappa shape index (κ2) is 7.10. The van der Waals surface area contributed by atoms with Crippen molar-refractivity contribution in [2.24, 2.45) is 11.3 Å². The van der Waals surface area contributed by atoms with Gasteiger partial charge in [-0.25, -0.2) is 0 Å². The van der Waals surface area contributed by atoms with E-state index in [0.717, 1.165) is 52.1 Å². The molecule has 0 radical (unpaired) electrons. The highest BCUT2D eigenvalue weighted by molar-refractivity contribution is 5.74. The van der Waals surface area contributed by atoms with E-state index in [0.29, 0.717) is 0 Å². The van der Waals surface area contributed by atoms with Gasteiger partial charge in [0.15, 0.2) is 0 Å². The van der Waals surface area contributed by atoms with Crippen LogP contribution >= 0.6 is 0 Å². The monoisotopic (exact) mass is 257 g/mol. The molecule has 1 aliphatic rings. The predicted molar refractivity (Wildman–Crippen MR) is 71.7 cm³/mol. The molecule has 1 unspecified atom stereocenters. The van der Waals surface area contributed by atoms with E-state index in [1.54, 1.807) is 0 Å². The zero-order valence-electron chi connectivity index (χ0n) is 11.9. The number of hydrogen-bond donors (Lipinski definition) is 1. The van der Waals surface area contributed by atoms with Crippen LogP contribution in [0, 0.1) is 11.3 Å². The first-order valence-electron chi connectivity index (χ1n) is 7.02. The van der Waals surface area contributed by atoms with Gasteiger partial charge in [0, 0.05) is 26.3 Å². The van der Waals surface area contributed by atoms with Gasteiger partial charge in [-0.3, -0.25) is 4.79 Å². The zero-order valence-corrected chi connectivity index (χ0v) is 11.9. The molecule has 0 amide bonds. The number of rotatable bonds is 7. The molecule has 0 spiro atoms. The van der Waals surface area contributed by atoms with Crippen LogP contribution in [0.25, 0.3) is 0 Å². The molecule has 1 atom stereocenters. The normalized spacial score (nSPS) is 22.1. The molecule has 4 nitrogen and oxygen atoms in total. The largest absolute Gasteiger partial charge is 0.481 e. The van der Waals surface area contributed by atoms with Gasteiger partial charge in [0.25, 0.3) is 0 Å². The van der Waals surface area contributed by atoms with E-state index in [4.69, 9.17) is 4.74 Å². The number of nitrogens with zero attached hydrogens (tertiary/aromatic N) is 1. The lowest BCUT2D eigenvalue weighted by molar-refractivity contribution is -0.151. The third kappa shape index (κ3) is 4.25. The summed E-state index contributed by atoms with van der Waals surface area (Å²) < 4.78 is 5.34. The molecule has 1 saturated heterocycles. The van der Waals surface area contributed by atoms with Gasteiger partial charge in [0.2, 0.25) is 0 Å². The van der Waals surface area contributed by atoms with Crippen LogP contribution < -0.4 is 0 Å². The molecule has 1 fully saturated rings. The third-order valence-corrected chi connectivity index (χ3v) is 4.04. The summed E-state index contributed by atoms with van der Waals surface area (Å²) in [7, 11) is 0. The van der Waals surface area contributed by atoms with E-state index in [9.17, 15) is 9.90 Å². The smallest absolute Gasteiger partial charge is 0.309 e. The number of carboxylic acids is 1. The third-order valence-electron chi connectivity index (χ3n) is 4.04. The number of piperidine rings is 1. The molecule has 0 aromatic rings. The Labute approximate surface area is 110 Å². The molecule has 0 bridgehead atoms. The molecular weight excluding hydrogens is 230 g/mol. The molecule has 0 aliphatic carbocycles. The highest BCUT2D eigenvalue weighted by Crippen LogP contribution is 2.34. The fourth-order valence-corrected chi connectivity index (χ4v) is 2.56. The van der Waals surface area contributed by atoms with E-state index >= 15 is 0 Å². The summed E-state index contributed by atoms with van der Waals surface area (Å²) >= 11 is 0. The topological polar surface area (TPSA) is 49.8 Å². The van der Waals surface area contributed by atoms with Crippen LogP contribution in [-0.2, 0) is 9.53 Å². The Hall–Kier alpha value is -0.610. The average molecular weight is 257 g/mol. The predicted octanol–water partition coefficient (Wildman–Crippen LogP) is 2.24. The van der Waals surface area contributed by atoms with Crippen molar-refractivity contribution in [3.8, 4) is 0 Å². The van der Waals surface area contributed by atoms with Gasteiger partial charge in [0.1, 0.15) is 0 Å². The quantitative estimate of drug-likeness (QED) is 0.711. The lowest BCUT2D eigenvalue weighted by Gasteiger charge is -2.39. The Kier molecular flexibility index (Phi) is 6.09. The van der Waals surface area contributed by atoms with Crippen molar-refractivity contribution in [3.63, 3.8) is 0 Å². The van der Waals surface area contributed by atoms with Crippen molar-refractivity contribution in [3.05, 3.63) is 0 Å². The maximum Gasteiger partial charge on any atom is 0.309 e. The Balaban J connectivity index is 2.39. The Morgan fingerprint density at radius 3 is 2.83 bits per heavy atom. The van der Waals surface area contributed by atoms with Gasteiger partial charge in [0.05, 0.1) is 5.41 Å². The van der Waals surface area contributed by atoms with E-state index in [-0.39, 0.29) is 5.92 Å². The summed E-state index contributed by atoms with van der Waals surface area (Å²) in [6.07, 6.45) is 3.17. The molecule has 0 saturated carbocycles. The first-order chi connectivity index (χ1) is 8.48. The van der Waals surface area contributed by atoms with Crippen LogP contribution in [0.5, 0.6) is 0 Å². The molecule has 0 aromatic heterocycles. The van der Waals surface area contributed by atoms with Gasteiger partial charge >= 0.3 is 5.97 Å². The van der Waals surface area contributed by atoms with Crippen molar-refractivity contribution >= 4 is 5.97 Å². The molecular formula is C14H27NO3. The van der Waals surface area contributed by atoms with Gasteiger partial charge in [-0.05, 0) is 52.5 Å². The van der Waals surface area contributed by atoms with Crippen LogP contribution in [-0.4, -0.2) is 48.8 Å². The van der Waals surface area contributed by atoms with Gasteiger partial charge in [-0.1, -0.05) is 0 Å². The standard InChI is InChI=1S/C14H27NO3/c1-4-18-10-6-9-15-8-5-7-12(11-15)14(2,3)13(16)17/h12H,4-11H2,1-3H3,(H,16,17). The lowest BCUT2D eigenvalue weighted by atomic mass is 9.74. The summed E-state index contributed by atoms with van der Waals surface area (Å²) in [5.41, 5.74) is -0.613. The van der Waals surface area contributed by atoms with Crippen LogP contribution in [0.1, 0.15) is 40.0 Å². The minimum Gasteiger partial charge on any atom is -0.481 e. The number of carbonyl (C=O) groups is 1. The molecule has 1 heterocycles. The highest BCUT2D eigenvalue weighted by Gasteiger charge is 2.38. The van der Waals surface area contributed by atoms with Crippen molar-refractivity contribution in [1.82, 2.24) is 4.90 Å². The van der Waals surface area contributed by atoms with E-state index in [1.165, 1.54) is 0 Å². The van der Waals surface area contributed by atoms with E-state index < -0.39 is 11.4 Å². The van der Waals surface area contributed by atoms with Crippen molar-refractivity contribution in [1.29, 1.82) is 0 Å². The van der Waals surface area contributed by atoms with Crippen LogP contribution in [0.15, 0.2) is 0 Å². The van der Waals surface area contributed by atoms with Crippen molar-refractivity contribution in [2.45, 2.75) is 40.0 Å².